The lowest BCUT2D eigenvalue weighted by Gasteiger charge is -2.11. The van der Waals surface area contributed by atoms with Gasteiger partial charge in [-0.1, -0.05) is 12.1 Å². The molecule has 6 heteroatoms. The van der Waals surface area contributed by atoms with Crippen LogP contribution in [0.15, 0.2) is 33.6 Å². The van der Waals surface area contributed by atoms with E-state index >= 15 is 0 Å². The van der Waals surface area contributed by atoms with Crippen LogP contribution in [0.25, 0.3) is 0 Å². The number of hydrogen-bond donors (Lipinski definition) is 1. The largest absolute Gasteiger partial charge is 0.345 e. The molecule has 1 unspecified atom stereocenters. The van der Waals surface area contributed by atoms with Gasteiger partial charge in [-0.25, -0.2) is 0 Å². The summed E-state index contributed by atoms with van der Waals surface area (Å²) in [5.41, 5.74) is 0.810. The highest BCUT2D eigenvalue weighted by atomic mass is 32.9. The molecule has 1 N–H and O–H groups in total. The summed E-state index contributed by atoms with van der Waals surface area (Å²) in [6.07, 6.45) is 1.42. The van der Waals surface area contributed by atoms with Crippen molar-refractivity contribution in [2.45, 2.75) is 4.90 Å². The predicted octanol–water partition coefficient (Wildman–Crippen LogP) is 0.827. The smallest absolute Gasteiger partial charge is 0.266 e. The Morgan fingerprint density at radius 1 is 1.31 bits per heavy atom. The number of nitrogens with one attached hydrogen (secondary N) is 1. The van der Waals surface area contributed by atoms with Crippen molar-refractivity contribution in [2.75, 3.05) is 5.32 Å². The summed E-state index contributed by atoms with van der Waals surface area (Å²) >= 11 is 0. The topological polar surface area (TPSA) is 58.5 Å². The Hall–Kier alpha value is -1.14. The molecule has 0 fully saturated rings. The van der Waals surface area contributed by atoms with Crippen LogP contribution < -0.4 is 5.32 Å². The van der Waals surface area contributed by atoms with Crippen molar-refractivity contribution in [3.8, 4) is 0 Å². The Kier molecular flexibility index (Phi) is 2.15. The SMILES string of the molecule is O=S(=O)=S1N=CNc2ccccc21. The van der Waals surface area contributed by atoms with Gasteiger partial charge in [0, 0.05) is 0 Å². The minimum absolute atomic E-state index is 0.721. The van der Waals surface area contributed by atoms with E-state index in [2.05, 4.69) is 9.71 Å². The Bertz CT molecular complexity index is 497. The number of nitrogens with zero attached hydrogens (tertiary/aromatic N) is 1. The van der Waals surface area contributed by atoms with Gasteiger partial charge in [0.15, 0.2) is 0 Å². The van der Waals surface area contributed by atoms with Gasteiger partial charge in [0.2, 0.25) is 0 Å². The second-order valence-corrected chi connectivity index (χ2v) is 5.65. The highest BCUT2D eigenvalue weighted by Gasteiger charge is 2.10. The van der Waals surface area contributed by atoms with E-state index < -0.39 is 18.9 Å². The van der Waals surface area contributed by atoms with Crippen molar-refractivity contribution in [3.63, 3.8) is 0 Å². The molecule has 0 amide bonds. The number of benzene rings is 1. The maximum absolute atomic E-state index is 10.8. The first kappa shape index (κ1) is 8.46. The van der Waals surface area contributed by atoms with Gasteiger partial charge < -0.3 is 5.32 Å². The van der Waals surface area contributed by atoms with E-state index in [4.69, 9.17) is 0 Å². The van der Waals surface area contributed by atoms with Gasteiger partial charge in [-0.3, -0.25) is 0 Å². The molecule has 0 spiro atoms. The lowest BCUT2D eigenvalue weighted by Crippen LogP contribution is -2.06. The monoisotopic (exact) mass is 214 g/mol. The Labute approximate surface area is 78.6 Å². The van der Waals surface area contributed by atoms with Gasteiger partial charge in [0.1, 0.15) is 6.34 Å². The van der Waals surface area contributed by atoms with Crippen molar-refractivity contribution in [2.24, 2.45) is 4.40 Å². The molecule has 1 aliphatic heterocycles. The first-order valence-corrected chi connectivity index (χ1v) is 6.28. The van der Waals surface area contributed by atoms with E-state index in [0.717, 1.165) is 10.6 Å². The van der Waals surface area contributed by atoms with E-state index in [9.17, 15) is 8.42 Å². The summed E-state index contributed by atoms with van der Waals surface area (Å²) in [7, 11) is -3.22. The van der Waals surface area contributed by atoms with Crippen LogP contribution in [0.5, 0.6) is 0 Å². The first-order valence-electron chi connectivity index (χ1n) is 3.51. The standard InChI is InChI=1S/C7H6N2O2S2/c10-13(11)12-7-4-2-1-3-6(7)8-5-9-12/h1-5H,(H,8,9). The number of anilines is 1. The number of fused-ring (bicyclic) bond motifs is 1. The lowest BCUT2D eigenvalue weighted by atomic mass is 10.3. The molecular weight excluding hydrogens is 208 g/mol. The molecule has 0 saturated carbocycles. The molecule has 1 aromatic carbocycles. The molecule has 1 atom stereocenters. The minimum atomic E-state index is -2.17. The second-order valence-electron chi connectivity index (χ2n) is 2.33. The molecule has 4 nitrogen and oxygen atoms in total. The predicted molar refractivity (Wildman–Crippen MR) is 53.1 cm³/mol. The van der Waals surface area contributed by atoms with Gasteiger partial charge in [0.05, 0.1) is 20.2 Å². The average Bonchev–Trinajstić information content (AvgIpc) is 2.17. The third-order valence-corrected chi connectivity index (χ3v) is 4.43. The summed E-state index contributed by atoms with van der Waals surface area (Å²) in [5, 5.41) is 2.89. The maximum atomic E-state index is 10.8. The van der Waals surface area contributed by atoms with Gasteiger partial charge in [-0.15, -0.1) is 0 Å². The summed E-state index contributed by atoms with van der Waals surface area (Å²) in [6, 6.07) is 7.24. The fraction of sp³-hybridized carbons (Fsp3) is 0. The molecule has 1 aromatic rings. The fourth-order valence-electron chi connectivity index (χ4n) is 1.05. The molecule has 68 valence electrons. The van der Waals surface area contributed by atoms with Crippen molar-refractivity contribution in [1.29, 1.82) is 0 Å². The van der Waals surface area contributed by atoms with E-state index in [-0.39, 0.29) is 0 Å². The molecule has 0 aromatic heterocycles. The summed E-state index contributed by atoms with van der Waals surface area (Å²) < 4.78 is 25.4. The van der Waals surface area contributed by atoms with Gasteiger partial charge in [0.25, 0.3) is 9.26 Å². The van der Waals surface area contributed by atoms with Crippen LogP contribution >= 0.6 is 0 Å². The molecule has 0 saturated heterocycles. The summed E-state index contributed by atoms with van der Waals surface area (Å²) in [6.45, 7) is 0. The molecule has 0 bridgehead atoms. The number of rotatable bonds is 0. The fourth-order valence-corrected chi connectivity index (χ4v) is 3.25. The quantitative estimate of drug-likeness (QED) is 0.695. The second kappa shape index (κ2) is 3.31. The van der Waals surface area contributed by atoms with E-state index in [0.29, 0.717) is 0 Å². The molecule has 2 rings (SSSR count). The van der Waals surface area contributed by atoms with Crippen molar-refractivity contribution in [3.05, 3.63) is 24.3 Å². The Morgan fingerprint density at radius 2 is 2.08 bits per heavy atom. The molecule has 1 heterocycles. The molecular formula is C7H6N2O2S2. The van der Waals surface area contributed by atoms with E-state index in [1.165, 1.54) is 6.34 Å². The van der Waals surface area contributed by atoms with Crippen molar-refractivity contribution < 1.29 is 8.42 Å². The lowest BCUT2D eigenvalue weighted by molar-refractivity contribution is 0.628. The maximum Gasteiger partial charge on any atom is 0.266 e. The molecule has 0 aliphatic carbocycles. The van der Waals surface area contributed by atoms with Gasteiger partial charge >= 0.3 is 0 Å². The third kappa shape index (κ3) is 1.50. The highest BCUT2D eigenvalue weighted by Crippen LogP contribution is 2.22. The molecule has 13 heavy (non-hydrogen) atoms. The summed E-state index contributed by atoms with van der Waals surface area (Å²) in [5.74, 6) is 0. The van der Waals surface area contributed by atoms with Crippen molar-refractivity contribution >= 4 is 30.9 Å². The number of hydrogen-bond acceptors (Lipinski definition) is 3. The van der Waals surface area contributed by atoms with Crippen LogP contribution in [0.1, 0.15) is 0 Å². The normalized spacial score (nSPS) is 18.9. The average molecular weight is 214 g/mol. The summed E-state index contributed by atoms with van der Waals surface area (Å²) in [4.78, 5) is 0.721. The van der Waals surface area contributed by atoms with Crippen molar-refractivity contribution in [1.82, 2.24) is 0 Å². The molecule has 0 radical (unpaired) electrons. The highest BCUT2D eigenvalue weighted by molar-refractivity contribution is 8.33. The van der Waals surface area contributed by atoms with Gasteiger partial charge in [-0.05, 0) is 12.1 Å². The zero-order chi connectivity index (χ0) is 9.26. The van der Waals surface area contributed by atoms with Gasteiger partial charge in [-0.2, -0.15) is 12.8 Å². The van der Waals surface area contributed by atoms with Crippen LogP contribution in [-0.2, 0) is 18.9 Å². The zero-order valence-electron chi connectivity index (χ0n) is 6.47. The van der Waals surface area contributed by atoms with Crippen LogP contribution in [0, 0.1) is 0 Å². The third-order valence-electron chi connectivity index (χ3n) is 1.57. The van der Waals surface area contributed by atoms with Crippen LogP contribution in [-0.4, -0.2) is 14.8 Å². The van der Waals surface area contributed by atoms with Crippen LogP contribution in [0.4, 0.5) is 5.69 Å². The Morgan fingerprint density at radius 3 is 2.85 bits per heavy atom. The zero-order valence-corrected chi connectivity index (χ0v) is 8.10. The van der Waals surface area contributed by atoms with E-state index in [1.54, 1.807) is 12.1 Å². The van der Waals surface area contributed by atoms with Crippen LogP contribution in [0.2, 0.25) is 0 Å². The molecule has 1 aliphatic rings. The minimum Gasteiger partial charge on any atom is -0.345 e. The van der Waals surface area contributed by atoms with E-state index in [1.807, 2.05) is 12.1 Å². The first-order chi connectivity index (χ1) is 6.29. The van der Waals surface area contributed by atoms with Crippen LogP contribution in [0.3, 0.4) is 0 Å². The Balaban J connectivity index is 2.76. The number of para-hydroxylation sites is 1.